The molecule has 0 aliphatic heterocycles. The normalized spacial score (nSPS) is 10.6. The summed E-state index contributed by atoms with van der Waals surface area (Å²) in [4.78, 5) is 22.8. The molecular formula is C19H19ClFN3O4. The van der Waals surface area contributed by atoms with Crippen molar-refractivity contribution in [3.05, 3.63) is 58.4 Å². The summed E-state index contributed by atoms with van der Waals surface area (Å²) in [7, 11) is 1.44. The Morgan fingerprint density at radius 1 is 1.25 bits per heavy atom. The molecule has 9 heteroatoms. The minimum Gasteiger partial charge on any atom is -0.493 e. The summed E-state index contributed by atoms with van der Waals surface area (Å²) in [6.45, 7) is 2.13. The third-order valence-electron chi connectivity index (χ3n) is 3.45. The Morgan fingerprint density at radius 3 is 2.71 bits per heavy atom. The van der Waals surface area contributed by atoms with Crippen molar-refractivity contribution in [3.63, 3.8) is 0 Å². The van der Waals surface area contributed by atoms with E-state index in [0.29, 0.717) is 23.4 Å². The summed E-state index contributed by atoms with van der Waals surface area (Å²) in [5.41, 5.74) is 3.25. The lowest BCUT2D eigenvalue weighted by atomic mass is 10.2. The van der Waals surface area contributed by atoms with Gasteiger partial charge in [-0.3, -0.25) is 9.59 Å². The van der Waals surface area contributed by atoms with E-state index in [-0.39, 0.29) is 23.2 Å². The molecule has 0 atom stereocenters. The van der Waals surface area contributed by atoms with Crippen molar-refractivity contribution in [1.82, 2.24) is 10.7 Å². The van der Waals surface area contributed by atoms with Crippen LogP contribution >= 0.6 is 11.6 Å². The molecular weight excluding hydrogens is 389 g/mol. The monoisotopic (exact) mass is 407 g/mol. The topological polar surface area (TPSA) is 89.0 Å². The molecule has 2 amide bonds. The van der Waals surface area contributed by atoms with Crippen LogP contribution in [-0.2, 0) is 16.2 Å². The largest absolute Gasteiger partial charge is 0.493 e. The molecule has 0 bridgehead atoms. The number of nitrogens with one attached hydrogen (secondary N) is 2. The Kier molecular flexibility index (Phi) is 7.76. The third kappa shape index (κ3) is 5.95. The molecule has 0 fully saturated rings. The predicted molar refractivity (Wildman–Crippen MR) is 103 cm³/mol. The van der Waals surface area contributed by atoms with Crippen LogP contribution in [0.4, 0.5) is 4.39 Å². The van der Waals surface area contributed by atoms with Crippen LogP contribution in [0.3, 0.4) is 0 Å². The van der Waals surface area contributed by atoms with Crippen molar-refractivity contribution in [2.24, 2.45) is 5.10 Å². The molecule has 0 spiro atoms. The number of amides is 2. The average Bonchev–Trinajstić information content (AvgIpc) is 2.67. The van der Waals surface area contributed by atoms with Gasteiger partial charge >= 0.3 is 11.8 Å². The van der Waals surface area contributed by atoms with Gasteiger partial charge in [-0.2, -0.15) is 5.10 Å². The molecule has 0 saturated heterocycles. The maximum Gasteiger partial charge on any atom is 0.329 e. The number of hydrogen-bond donors (Lipinski definition) is 2. The molecule has 2 aromatic rings. The van der Waals surface area contributed by atoms with E-state index in [9.17, 15) is 14.0 Å². The SMILES string of the molecule is CCNC(=O)C(=O)N/N=C\c1cc(Cl)c(OCc2cccc(F)c2)c(OC)c1. The molecule has 148 valence electrons. The fourth-order valence-electron chi connectivity index (χ4n) is 2.19. The first-order chi connectivity index (χ1) is 13.4. The zero-order valence-electron chi connectivity index (χ0n) is 15.3. The summed E-state index contributed by atoms with van der Waals surface area (Å²) in [5, 5.41) is 6.31. The van der Waals surface area contributed by atoms with Crippen LogP contribution in [0.1, 0.15) is 18.1 Å². The first-order valence-corrected chi connectivity index (χ1v) is 8.68. The van der Waals surface area contributed by atoms with Crippen LogP contribution in [-0.4, -0.2) is 31.7 Å². The third-order valence-corrected chi connectivity index (χ3v) is 3.73. The summed E-state index contributed by atoms with van der Waals surface area (Å²) in [5.74, 6) is -1.40. The van der Waals surface area contributed by atoms with Gasteiger partial charge in [0.2, 0.25) is 0 Å². The second-order valence-corrected chi connectivity index (χ2v) is 5.92. The fourth-order valence-corrected chi connectivity index (χ4v) is 2.47. The van der Waals surface area contributed by atoms with Gasteiger partial charge in [0, 0.05) is 6.54 Å². The van der Waals surface area contributed by atoms with Gasteiger partial charge < -0.3 is 14.8 Å². The lowest BCUT2D eigenvalue weighted by Crippen LogP contribution is -2.37. The predicted octanol–water partition coefficient (Wildman–Crippen LogP) is 2.65. The van der Waals surface area contributed by atoms with Crippen LogP contribution in [0.25, 0.3) is 0 Å². The Morgan fingerprint density at radius 2 is 2.04 bits per heavy atom. The molecule has 0 saturated carbocycles. The lowest BCUT2D eigenvalue weighted by Gasteiger charge is -2.13. The van der Waals surface area contributed by atoms with Gasteiger partial charge in [0.05, 0.1) is 18.3 Å². The van der Waals surface area contributed by atoms with Gasteiger partial charge in [-0.05, 0) is 42.3 Å². The number of halogens is 2. The lowest BCUT2D eigenvalue weighted by molar-refractivity contribution is -0.139. The Balaban J connectivity index is 2.08. The van der Waals surface area contributed by atoms with E-state index in [4.69, 9.17) is 21.1 Å². The van der Waals surface area contributed by atoms with Gasteiger partial charge in [0.1, 0.15) is 12.4 Å². The Bertz CT molecular complexity index is 889. The fraction of sp³-hybridized carbons (Fsp3) is 0.211. The summed E-state index contributed by atoms with van der Waals surface area (Å²) in [6.07, 6.45) is 1.31. The highest BCUT2D eigenvalue weighted by Crippen LogP contribution is 2.36. The van der Waals surface area contributed by atoms with Crippen LogP contribution in [0.5, 0.6) is 11.5 Å². The second kappa shape index (κ2) is 10.3. The highest BCUT2D eigenvalue weighted by Gasteiger charge is 2.13. The zero-order chi connectivity index (χ0) is 20.5. The molecule has 7 nitrogen and oxygen atoms in total. The van der Waals surface area contributed by atoms with Crippen LogP contribution in [0, 0.1) is 5.82 Å². The average molecular weight is 408 g/mol. The number of likely N-dealkylation sites (N-methyl/N-ethyl adjacent to an activating group) is 1. The Labute approximate surface area is 166 Å². The number of ether oxygens (including phenoxy) is 2. The van der Waals surface area contributed by atoms with Crippen molar-refractivity contribution < 1.29 is 23.5 Å². The summed E-state index contributed by atoms with van der Waals surface area (Å²) < 4.78 is 24.2. The smallest absolute Gasteiger partial charge is 0.329 e. The highest BCUT2D eigenvalue weighted by molar-refractivity contribution is 6.35. The van der Waals surface area contributed by atoms with Crippen molar-refractivity contribution in [1.29, 1.82) is 0 Å². The van der Waals surface area contributed by atoms with E-state index in [1.54, 1.807) is 31.2 Å². The van der Waals surface area contributed by atoms with Crippen LogP contribution < -0.4 is 20.2 Å². The van der Waals surface area contributed by atoms with E-state index >= 15 is 0 Å². The molecule has 0 heterocycles. The van der Waals surface area contributed by atoms with Crippen molar-refractivity contribution >= 4 is 29.6 Å². The number of hydrazone groups is 1. The quantitative estimate of drug-likeness (QED) is 0.419. The highest BCUT2D eigenvalue weighted by atomic mass is 35.5. The van der Waals surface area contributed by atoms with Gasteiger partial charge in [0.15, 0.2) is 11.5 Å². The van der Waals surface area contributed by atoms with E-state index in [0.717, 1.165) is 0 Å². The van der Waals surface area contributed by atoms with Crippen LogP contribution in [0.15, 0.2) is 41.5 Å². The van der Waals surface area contributed by atoms with E-state index in [1.807, 2.05) is 0 Å². The summed E-state index contributed by atoms with van der Waals surface area (Å²) >= 11 is 6.25. The maximum absolute atomic E-state index is 13.3. The second-order valence-electron chi connectivity index (χ2n) is 5.51. The molecule has 0 aliphatic rings. The number of benzene rings is 2. The minimum absolute atomic E-state index is 0.101. The van der Waals surface area contributed by atoms with Crippen molar-refractivity contribution in [3.8, 4) is 11.5 Å². The number of carbonyl (C=O) groups excluding carboxylic acids is 2. The van der Waals surface area contributed by atoms with Gasteiger partial charge in [-0.15, -0.1) is 0 Å². The molecule has 0 aliphatic carbocycles. The molecule has 0 radical (unpaired) electrons. The van der Waals surface area contributed by atoms with Crippen molar-refractivity contribution in [2.45, 2.75) is 13.5 Å². The molecule has 2 rings (SSSR count). The molecule has 0 unspecified atom stereocenters. The summed E-state index contributed by atoms with van der Waals surface area (Å²) in [6, 6.07) is 9.15. The van der Waals surface area contributed by atoms with Gasteiger partial charge in [-0.25, -0.2) is 9.82 Å². The number of nitrogens with zero attached hydrogens (tertiary/aromatic N) is 1. The number of rotatable bonds is 7. The van der Waals surface area contributed by atoms with E-state index in [2.05, 4.69) is 15.8 Å². The first-order valence-electron chi connectivity index (χ1n) is 8.30. The maximum atomic E-state index is 13.3. The number of hydrogen-bond acceptors (Lipinski definition) is 5. The number of methoxy groups -OCH3 is 1. The molecule has 28 heavy (non-hydrogen) atoms. The molecule has 2 aromatic carbocycles. The van der Waals surface area contributed by atoms with Crippen LogP contribution in [0.2, 0.25) is 5.02 Å². The van der Waals surface area contributed by atoms with E-state index < -0.39 is 11.8 Å². The number of carbonyl (C=O) groups is 2. The first kappa shape index (κ1) is 21.2. The standard InChI is InChI=1S/C19H19ClFN3O4/c1-3-22-18(25)19(26)24-23-10-13-8-15(20)17(16(9-13)27-2)28-11-12-5-4-6-14(21)7-12/h4-10H,3,11H2,1-2H3,(H,22,25)(H,24,26)/b23-10-. The zero-order valence-corrected chi connectivity index (χ0v) is 16.0. The molecule has 2 N–H and O–H groups in total. The van der Waals surface area contributed by atoms with E-state index in [1.165, 1.54) is 25.5 Å². The van der Waals surface area contributed by atoms with Gasteiger partial charge in [-0.1, -0.05) is 23.7 Å². The van der Waals surface area contributed by atoms with Gasteiger partial charge in [0.25, 0.3) is 0 Å². The minimum atomic E-state index is -0.883. The Hall–Kier alpha value is -3.13. The van der Waals surface area contributed by atoms with Crippen molar-refractivity contribution in [2.75, 3.05) is 13.7 Å². The molecule has 0 aromatic heterocycles.